The Morgan fingerprint density at radius 1 is 1.15 bits per heavy atom. The summed E-state index contributed by atoms with van der Waals surface area (Å²) in [5.74, 6) is 0. The lowest BCUT2D eigenvalue weighted by Gasteiger charge is -2.22. The van der Waals surface area contributed by atoms with E-state index >= 15 is 0 Å². The van der Waals surface area contributed by atoms with Gasteiger partial charge in [0.25, 0.3) is 0 Å². The minimum Gasteiger partial charge on any atom is -0.388 e. The van der Waals surface area contributed by atoms with E-state index in [2.05, 4.69) is 13.8 Å². The first-order valence-electron chi connectivity index (χ1n) is 5.42. The topological polar surface area (TPSA) is 29.5 Å². The molecule has 0 aromatic rings. The third-order valence-corrected chi connectivity index (χ3v) is 2.08. The molecule has 13 heavy (non-hydrogen) atoms. The Kier molecular flexibility index (Phi) is 7.29. The highest BCUT2D eigenvalue weighted by Gasteiger charge is 2.19. The van der Waals surface area contributed by atoms with Crippen molar-refractivity contribution in [2.24, 2.45) is 0 Å². The second-order valence-corrected chi connectivity index (χ2v) is 4.01. The summed E-state index contributed by atoms with van der Waals surface area (Å²) in [5.41, 5.74) is -0.621. The van der Waals surface area contributed by atoms with E-state index in [0.717, 1.165) is 25.9 Å². The van der Waals surface area contributed by atoms with E-state index in [0.29, 0.717) is 6.61 Å². The van der Waals surface area contributed by atoms with Crippen LogP contribution in [0.3, 0.4) is 0 Å². The van der Waals surface area contributed by atoms with Gasteiger partial charge in [0.05, 0.1) is 12.2 Å². The third-order valence-electron chi connectivity index (χ3n) is 2.08. The van der Waals surface area contributed by atoms with Gasteiger partial charge < -0.3 is 9.84 Å². The van der Waals surface area contributed by atoms with Gasteiger partial charge in [0.2, 0.25) is 0 Å². The van der Waals surface area contributed by atoms with Crippen LogP contribution in [0.25, 0.3) is 0 Å². The van der Waals surface area contributed by atoms with Crippen LogP contribution in [0, 0.1) is 0 Å². The third kappa shape index (κ3) is 8.26. The summed E-state index contributed by atoms with van der Waals surface area (Å²) in [6.07, 6.45) is 5.37. The average molecular weight is 188 g/mol. The molecule has 0 aliphatic heterocycles. The van der Waals surface area contributed by atoms with Crippen LogP contribution in [0.5, 0.6) is 0 Å². The fourth-order valence-corrected chi connectivity index (χ4v) is 1.26. The minimum absolute atomic E-state index is 0.477. The molecule has 0 fully saturated rings. The molecular formula is C11H24O2. The predicted molar refractivity (Wildman–Crippen MR) is 55.9 cm³/mol. The number of aliphatic hydroxyl groups is 1. The Bertz CT molecular complexity index is 98.7. The van der Waals surface area contributed by atoms with Gasteiger partial charge in [-0.3, -0.25) is 0 Å². The van der Waals surface area contributed by atoms with Crippen molar-refractivity contribution >= 4 is 0 Å². The van der Waals surface area contributed by atoms with E-state index in [1.54, 1.807) is 0 Å². The van der Waals surface area contributed by atoms with Crippen molar-refractivity contribution in [3.05, 3.63) is 0 Å². The molecule has 0 amide bonds. The molecule has 1 unspecified atom stereocenters. The quantitative estimate of drug-likeness (QED) is 0.593. The van der Waals surface area contributed by atoms with E-state index < -0.39 is 5.60 Å². The molecule has 0 spiro atoms. The van der Waals surface area contributed by atoms with Gasteiger partial charge in [-0.05, 0) is 19.8 Å². The maximum Gasteiger partial charge on any atom is 0.0852 e. The lowest BCUT2D eigenvalue weighted by atomic mass is 9.99. The van der Waals surface area contributed by atoms with Gasteiger partial charge in [-0.25, -0.2) is 0 Å². The summed E-state index contributed by atoms with van der Waals surface area (Å²) in [6, 6.07) is 0. The van der Waals surface area contributed by atoms with Gasteiger partial charge in [-0.15, -0.1) is 0 Å². The lowest BCUT2D eigenvalue weighted by molar-refractivity contribution is -0.0398. The predicted octanol–water partition coefficient (Wildman–Crippen LogP) is 2.74. The summed E-state index contributed by atoms with van der Waals surface area (Å²) < 4.78 is 5.33. The van der Waals surface area contributed by atoms with Crippen molar-refractivity contribution in [3.63, 3.8) is 0 Å². The highest BCUT2D eigenvalue weighted by atomic mass is 16.5. The number of hydrogen-bond acceptors (Lipinski definition) is 2. The molecule has 0 saturated heterocycles. The Hall–Kier alpha value is -0.0800. The number of unbranched alkanes of at least 4 members (excludes halogenated alkanes) is 2. The van der Waals surface area contributed by atoms with Crippen molar-refractivity contribution in [1.82, 2.24) is 0 Å². The second-order valence-electron chi connectivity index (χ2n) is 4.01. The Labute approximate surface area is 82.3 Å². The molecule has 0 aromatic carbocycles. The van der Waals surface area contributed by atoms with Crippen LogP contribution in [0.4, 0.5) is 0 Å². The summed E-state index contributed by atoms with van der Waals surface area (Å²) >= 11 is 0. The van der Waals surface area contributed by atoms with Crippen molar-refractivity contribution in [2.75, 3.05) is 13.2 Å². The molecular weight excluding hydrogens is 164 g/mol. The number of rotatable bonds is 8. The minimum atomic E-state index is -0.621. The molecule has 1 atom stereocenters. The maximum atomic E-state index is 9.84. The Morgan fingerprint density at radius 3 is 2.38 bits per heavy atom. The smallest absolute Gasteiger partial charge is 0.0852 e. The van der Waals surface area contributed by atoms with Gasteiger partial charge in [-0.1, -0.05) is 33.1 Å². The first-order valence-corrected chi connectivity index (χ1v) is 5.42. The van der Waals surface area contributed by atoms with Gasteiger partial charge in [0, 0.05) is 6.61 Å². The summed E-state index contributed by atoms with van der Waals surface area (Å²) in [6.45, 7) is 7.33. The van der Waals surface area contributed by atoms with E-state index in [1.165, 1.54) is 12.8 Å². The fourth-order valence-electron chi connectivity index (χ4n) is 1.26. The largest absolute Gasteiger partial charge is 0.388 e. The first kappa shape index (κ1) is 12.9. The van der Waals surface area contributed by atoms with E-state index in [4.69, 9.17) is 4.74 Å². The van der Waals surface area contributed by atoms with Gasteiger partial charge >= 0.3 is 0 Å². The molecule has 0 aliphatic carbocycles. The molecule has 0 bridgehead atoms. The highest BCUT2D eigenvalue weighted by molar-refractivity contribution is 4.71. The van der Waals surface area contributed by atoms with Gasteiger partial charge in [-0.2, -0.15) is 0 Å². The van der Waals surface area contributed by atoms with Crippen LogP contribution >= 0.6 is 0 Å². The Morgan fingerprint density at radius 2 is 1.85 bits per heavy atom. The summed E-state index contributed by atoms with van der Waals surface area (Å²) in [7, 11) is 0. The molecule has 80 valence electrons. The average Bonchev–Trinajstić information content (AvgIpc) is 2.05. The van der Waals surface area contributed by atoms with Crippen molar-refractivity contribution in [2.45, 2.75) is 58.5 Å². The monoisotopic (exact) mass is 188 g/mol. The fraction of sp³-hybridized carbons (Fsp3) is 1.00. The van der Waals surface area contributed by atoms with Crippen molar-refractivity contribution in [3.8, 4) is 0 Å². The molecule has 0 aliphatic rings. The van der Waals surface area contributed by atoms with Gasteiger partial charge in [0.15, 0.2) is 0 Å². The normalized spacial score (nSPS) is 15.7. The number of hydrogen-bond donors (Lipinski definition) is 1. The van der Waals surface area contributed by atoms with E-state index in [-0.39, 0.29) is 0 Å². The zero-order valence-electron chi connectivity index (χ0n) is 9.31. The summed E-state index contributed by atoms with van der Waals surface area (Å²) in [4.78, 5) is 0. The zero-order chi connectivity index (χ0) is 10.2. The zero-order valence-corrected chi connectivity index (χ0v) is 9.31. The SMILES string of the molecule is CCCCCC(C)(O)COCCC. The molecule has 2 heteroatoms. The van der Waals surface area contributed by atoms with E-state index in [1.807, 2.05) is 6.92 Å². The highest BCUT2D eigenvalue weighted by Crippen LogP contribution is 2.14. The summed E-state index contributed by atoms with van der Waals surface area (Å²) in [5, 5.41) is 9.84. The lowest BCUT2D eigenvalue weighted by Crippen LogP contribution is -2.30. The molecule has 2 nitrogen and oxygen atoms in total. The van der Waals surface area contributed by atoms with Crippen LogP contribution in [0.1, 0.15) is 52.9 Å². The van der Waals surface area contributed by atoms with Crippen LogP contribution in [-0.2, 0) is 4.74 Å². The molecule has 0 aromatic heterocycles. The molecule has 1 N–H and O–H groups in total. The first-order chi connectivity index (χ1) is 6.12. The Balaban J connectivity index is 3.42. The second kappa shape index (κ2) is 7.34. The molecule has 0 saturated carbocycles. The van der Waals surface area contributed by atoms with Crippen LogP contribution in [-0.4, -0.2) is 23.9 Å². The van der Waals surface area contributed by atoms with Crippen LogP contribution < -0.4 is 0 Å². The standard InChI is InChI=1S/C11H24O2/c1-4-6-7-8-11(3,12)10-13-9-5-2/h12H,4-10H2,1-3H3. The number of ether oxygens (including phenoxy) is 1. The van der Waals surface area contributed by atoms with Crippen LogP contribution in [0.2, 0.25) is 0 Å². The van der Waals surface area contributed by atoms with Crippen molar-refractivity contribution in [1.29, 1.82) is 0 Å². The maximum absolute atomic E-state index is 9.84. The van der Waals surface area contributed by atoms with Gasteiger partial charge in [0.1, 0.15) is 0 Å². The molecule has 0 radical (unpaired) electrons. The molecule has 0 rings (SSSR count). The van der Waals surface area contributed by atoms with Crippen molar-refractivity contribution < 1.29 is 9.84 Å². The van der Waals surface area contributed by atoms with E-state index in [9.17, 15) is 5.11 Å². The molecule has 0 heterocycles. The van der Waals surface area contributed by atoms with Crippen LogP contribution in [0.15, 0.2) is 0 Å².